The predicted molar refractivity (Wildman–Crippen MR) is 94.3 cm³/mol. The van der Waals surface area contributed by atoms with Gasteiger partial charge in [0.15, 0.2) is 0 Å². The number of hydrogen-bond acceptors (Lipinski definition) is 4. The quantitative estimate of drug-likeness (QED) is 0.795. The van der Waals surface area contributed by atoms with E-state index in [0.29, 0.717) is 19.6 Å². The highest BCUT2D eigenvalue weighted by Crippen LogP contribution is 2.45. The third-order valence-corrected chi connectivity index (χ3v) is 7.15. The lowest BCUT2D eigenvalue weighted by Crippen LogP contribution is -2.41. The van der Waals surface area contributed by atoms with E-state index < -0.39 is 10.2 Å². The minimum absolute atomic E-state index is 0.0252. The van der Waals surface area contributed by atoms with Gasteiger partial charge in [0.1, 0.15) is 5.75 Å². The van der Waals surface area contributed by atoms with Gasteiger partial charge in [-0.25, -0.2) is 0 Å². The van der Waals surface area contributed by atoms with E-state index in [1.165, 1.54) is 8.61 Å². The molecule has 2 aliphatic rings. The largest absolute Gasteiger partial charge is 0.497 e. The molecule has 0 aliphatic carbocycles. The molecule has 3 atom stereocenters. The Morgan fingerprint density at radius 3 is 2.32 bits per heavy atom. The lowest BCUT2D eigenvalue weighted by molar-refractivity contribution is -0.130. The van der Waals surface area contributed by atoms with E-state index in [9.17, 15) is 13.2 Å². The predicted octanol–water partition coefficient (Wildman–Crippen LogP) is 0.953. The van der Waals surface area contributed by atoms with Gasteiger partial charge in [-0.1, -0.05) is 12.1 Å². The summed E-state index contributed by atoms with van der Waals surface area (Å²) in [6, 6.07) is 7.58. The van der Waals surface area contributed by atoms with Crippen LogP contribution in [0, 0.1) is 11.8 Å². The summed E-state index contributed by atoms with van der Waals surface area (Å²) in [6.07, 6.45) is 0. The Balaban J connectivity index is 1.90. The first-order valence-electron chi connectivity index (χ1n) is 8.34. The van der Waals surface area contributed by atoms with Gasteiger partial charge in [-0.3, -0.25) is 4.79 Å². The zero-order valence-corrected chi connectivity index (χ0v) is 15.9. The van der Waals surface area contributed by atoms with Crippen molar-refractivity contribution in [3.63, 3.8) is 0 Å². The Hall–Kier alpha value is -1.64. The van der Waals surface area contributed by atoms with Crippen molar-refractivity contribution in [3.05, 3.63) is 29.8 Å². The maximum absolute atomic E-state index is 12.5. The van der Waals surface area contributed by atoms with Crippen molar-refractivity contribution in [1.82, 2.24) is 13.5 Å². The summed E-state index contributed by atoms with van der Waals surface area (Å²) in [5, 5.41) is 0. The summed E-state index contributed by atoms with van der Waals surface area (Å²) >= 11 is 0. The Kier molecular flexibility index (Phi) is 4.78. The van der Waals surface area contributed by atoms with Gasteiger partial charge >= 0.3 is 0 Å². The number of carbonyl (C=O) groups excluding carboxylic acids is 1. The standard InChI is InChI=1S/C17H25N3O4S/c1-12(21)20-10-14-9-19(25(22,23)18(2)3)11-16(14)17(20)13-5-7-15(24-4)8-6-13/h5-8,14,16-17H,9-11H2,1-4H3/t14-,16-,17+/m1/s1. The number of likely N-dealkylation sites (tertiary alicyclic amines) is 1. The van der Waals surface area contributed by atoms with Crippen LogP contribution in [0.15, 0.2) is 24.3 Å². The van der Waals surface area contributed by atoms with Crippen molar-refractivity contribution in [2.45, 2.75) is 13.0 Å². The van der Waals surface area contributed by atoms with Gasteiger partial charge in [0.05, 0.1) is 13.2 Å². The molecular formula is C17H25N3O4S. The van der Waals surface area contributed by atoms with E-state index in [1.807, 2.05) is 29.2 Å². The number of carbonyl (C=O) groups is 1. The van der Waals surface area contributed by atoms with Gasteiger partial charge in [0.25, 0.3) is 10.2 Å². The molecule has 2 fully saturated rings. The van der Waals surface area contributed by atoms with Crippen LogP contribution in [0.3, 0.4) is 0 Å². The van der Waals surface area contributed by atoms with Crippen LogP contribution >= 0.6 is 0 Å². The highest BCUT2D eigenvalue weighted by atomic mass is 32.2. The molecule has 2 saturated heterocycles. The van der Waals surface area contributed by atoms with E-state index >= 15 is 0 Å². The fourth-order valence-corrected chi connectivity index (χ4v) is 5.18. The molecule has 0 radical (unpaired) electrons. The maximum Gasteiger partial charge on any atom is 0.281 e. The molecular weight excluding hydrogens is 342 g/mol. The summed E-state index contributed by atoms with van der Waals surface area (Å²) in [6.45, 7) is 3.06. The van der Waals surface area contributed by atoms with Gasteiger partial charge in [0.2, 0.25) is 5.91 Å². The van der Waals surface area contributed by atoms with Gasteiger partial charge in [-0.05, 0) is 23.6 Å². The van der Waals surface area contributed by atoms with Gasteiger partial charge in [-0.15, -0.1) is 0 Å². The molecule has 0 N–H and O–H groups in total. The molecule has 7 nitrogen and oxygen atoms in total. The Morgan fingerprint density at radius 1 is 1.16 bits per heavy atom. The highest BCUT2D eigenvalue weighted by molar-refractivity contribution is 7.86. The first-order chi connectivity index (χ1) is 11.8. The van der Waals surface area contributed by atoms with E-state index in [1.54, 1.807) is 28.1 Å². The second kappa shape index (κ2) is 6.59. The van der Waals surface area contributed by atoms with Gasteiger partial charge < -0.3 is 9.64 Å². The third-order valence-electron chi connectivity index (χ3n) is 5.28. The smallest absolute Gasteiger partial charge is 0.281 e. The lowest BCUT2D eigenvalue weighted by Gasteiger charge is -2.29. The molecule has 2 heterocycles. The molecule has 0 unspecified atom stereocenters. The molecule has 0 spiro atoms. The summed E-state index contributed by atoms with van der Waals surface area (Å²) in [7, 11) is 1.28. The normalized spacial score (nSPS) is 26.9. The van der Waals surface area contributed by atoms with Crippen molar-refractivity contribution in [2.24, 2.45) is 11.8 Å². The Labute approximate surface area is 149 Å². The van der Waals surface area contributed by atoms with Crippen molar-refractivity contribution in [1.29, 1.82) is 0 Å². The fraction of sp³-hybridized carbons (Fsp3) is 0.588. The fourth-order valence-electron chi connectivity index (χ4n) is 3.98. The first-order valence-corrected chi connectivity index (χ1v) is 9.74. The van der Waals surface area contributed by atoms with E-state index in [4.69, 9.17) is 4.74 Å². The number of nitrogens with zero attached hydrogens (tertiary/aromatic N) is 3. The number of rotatable bonds is 4. The maximum atomic E-state index is 12.5. The van der Waals surface area contributed by atoms with Crippen molar-refractivity contribution in [3.8, 4) is 5.75 Å². The first kappa shape index (κ1) is 18.2. The van der Waals surface area contributed by atoms with Crippen LogP contribution in [-0.4, -0.2) is 68.7 Å². The Bertz CT molecular complexity index is 748. The number of fused-ring (bicyclic) bond motifs is 1. The molecule has 0 bridgehead atoms. The number of ether oxygens (including phenoxy) is 1. The summed E-state index contributed by atoms with van der Waals surface area (Å²) < 4.78 is 32.9. The minimum atomic E-state index is -3.43. The third kappa shape index (κ3) is 3.14. The SMILES string of the molecule is COc1ccc([C@H]2[C@@H]3CN(S(=O)(=O)N(C)C)C[C@@H]3CN2C(C)=O)cc1. The number of hydrogen-bond donors (Lipinski definition) is 0. The summed E-state index contributed by atoms with van der Waals surface area (Å²) in [5.74, 6) is 1.05. The molecule has 0 saturated carbocycles. The summed E-state index contributed by atoms with van der Waals surface area (Å²) in [4.78, 5) is 14.0. The zero-order valence-electron chi connectivity index (χ0n) is 15.0. The monoisotopic (exact) mass is 367 g/mol. The topological polar surface area (TPSA) is 70.2 Å². The number of benzene rings is 1. The molecule has 1 aromatic rings. The molecule has 1 amide bonds. The van der Waals surface area contributed by atoms with Crippen LogP contribution in [0.5, 0.6) is 5.75 Å². The van der Waals surface area contributed by atoms with Crippen molar-refractivity contribution in [2.75, 3.05) is 40.8 Å². The van der Waals surface area contributed by atoms with Crippen molar-refractivity contribution >= 4 is 16.1 Å². The molecule has 25 heavy (non-hydrogen) atoms. The van der Waals surface area contributed by atoms with E-state index in [0.717, 1.165) is 11.3 Å². The van der Waals surface area contributed by atoms with Crippen LogP contribution in [0.2, 0.25) is 0 Å². The summed E-state index contributed by atoms with van der Waals surface area (Å²) in [5.41, 5.74) is 1.02. The lowest BCUT2D eigenvalue weighted by atomic mass is 9.89. The van der Waals surface area contributed by atoms with Crippen molar-refractivity contribution < 1.29 is 17.9 Å². The molecule has 3 rings (SSSR count). The van der Waals surface area contributed by atoms with E-state index in [2.05, 4.69) is 0 Å². The zero-order chi connectivity index (χ0) is 18.4. The van der Waals surface area contributed by atoms with Crippen LogP contribution in [0.4, 0.5) is 0 Å². The van der Waals surface area contributed by atoms with Gasteiger partial charge in [0, 0.05) is 46.6 Å². The number of amides is 1. The minimum Gasteiger partial charge on any atom is -0.497 e. The van der Waals surface area contributed by atoms with Gasteiger partial charge in [-0.2, -0.15) is 17.0 Å². The molecule has 0 aromatic heterocycles. The van der Waals surface area contributed by atoms with Crippen LogP contribution in [-0.2, 0) is 15.0 Å². The molecule has 2 aliphatic heterocycles. The van der Waals surface area contributed by atoms with Crippen LogP contribution in [0.25, 0.3) is 0 Å². The number of methoxy groups -OCH3 is 1. The molecule has 1 aromatic carbocycles. The van der Waals surface area contributed by atoms with Crippen LogP contribution in [0.1, 0.15) is 18.5 Å². The molecule has 138 valence electrons. The second-order valence-electron chi connectivity index (χ2n) is 6.92. The average molecular weight is 367 g/mol. The second-order valence-corrected chi connectivity index (χ2v) is 9.06. The van der Waals surface area contributed by atoms with Crippen LogP contribution < -0.4 is 4.74 Å². The average Bonchev–Trinajstić information content (AvgIpc) is 3.12. The van der Waals surface area contributed by atoms with E-state index in [-0.39, 0.29) is 23.8 Å². The Morgan fingerprint density at radius 2 is 1.80 bits per heavy atom. The molecule has 8 heteroatoms. The highest BCUT2D eigenvalue weighted by Gasteiger charge is 2.51.